The standard InChI is InChI=1S/C14H15N3O3S/c1-9(14(19)20)6-16-12(18)5-11-8-21-13(17-11)10-3-2-4-15-7-10/h2-4,7-9H,5-6H2,1H3,(H,16,18)(H,19,20). The van der Waals surface area contributed by atoms with Crippen molar-refractivity contribution in [2.24, 2.45) is 5.92 Å². The van der Waals surface area contributed by atoms with Gasteiger partial charge in [0.1, 0.15) is 5.01 Å². The van der Waals surface area contributed by atoms with Crippen LogP contribution in [0.3, 0.4) is 0 Å². The lowest BCUT2D eigenvalue weighted by atomic mass is 10.2. The Morgan fingerprint density at radius 1 is 1.48 bits per heavy atom. The molecule has 0 radical (unpaired) electrons. The molecule has 7 heteroatoms. The monoisotopic (exact) mass is 305 g/mol. The topological polar surface area (TPSA) is 92.2 Å². The number of rotatable bonds is 6. The zero-order valence-corrected chi connectivity index (χ0v) is 12.3. The number of amides is 1. The highest BCUT2D eigenvalue weighted by molar-refractivity contribution is 7.13. The maximum atomic E-state index is 11.7. The van der Waals surface area contributed by atoms with Gasteiger partial charge >= 0.3 is 5.97 Å². The summed E-state index contributed by atoms with van der Waals surface area (Å²) in [5.41, 5.74) is 1.58. The quantitative estimate of drug-likeness (QED) is 0.845. The van der Waals surface area contributed by atoms with E-state index in [4.69, 9.17) is 5.11 Å². The minimum Gasteiger partial charge on any atom is -0.481 e. The Kier molecular flexibility index (Phi) is 4.99. The molecule has 2 heterocycles. The van der Waals surface area contributed by atoms with E-state index < -0.39 is 11.9 Å². The molecule has 0 fully saturated rings. The van der Waals surface area contributed by atoms with Crippen molar-refractivity contribution < 1.29 is 14.7 Å². The number of aliphatic carboxylic acids is 1. The Morgan fingerprint density at radius 2 is 2.29 bits per heavy atom. The lowest BCUT2D eigenvalue weighted by Gasteiger charge is -2.07. The lowest BCUT2D eigenvalue weighted by Crippen LogP contribution is -2.32. The van der Waals surface area contributed by atoms with Crippen LogP contribution in [0.15, 0.2) is 29.9 Å². The first-order valence-corrected chi connectivity index (χ1v) is 7.28. The summed E-state index contributed by atoms with van der Waals surface area (Å²) in [6.45, 7) is 1.67. The number of nitrogens with zero attached hydrogens (tertiary/aromatic N) is 2. The van der Waals surface area contributed by atoms with Crippen molar-refractivity contribution >= 4 is 23.2 Å². The molecule has 0 spiro atoms. The molecule has 1 unspecified atom stereocenters. The fraction of sp³-hybridized carbons (Fsp3) is 0.286. The number of pyridine rings is 1. The summed E-state index contributed by atoms with van der Waals surface area (Å²) in [6, 6.07) is 3.74. The maximum Gasteiger partial charge on any atom is 0.308 e. The molecular formula is C14H15N3O3S. The van der Waals surface area contributed by atoms with Gasteiger partial charge in [0.05, 0.1) is 18.0 Å². The normalized spacial score (nSPS) is 11.9. The van der Waals surface area contributed by atoms with Crippen molar-refractivity contribution in [2.75, 3.05) is 6.54 Å². The van der Waals surface area contributed by atoms with Crippen molar-refractivity contribution in [3.63, 3.8) is 0 Å². The summed E-state index contributed by atoms with van der Waals surface area (Å²) in [7, 11) is 0. The van der Waals surface area contributed by atoms with Crippen molar-refractivity contribution in [1.29, 1.82) is 0 Å². The molecule has 1 amide bonds. The molecule has 0 saturated carbocycles. The van der Waals surface area contributed by atoms with Crippen LogP contribution in [0.5, 0.6) is 0 Å². The van der Waals surface area contributed by atoms with E-state index in [1.54, 1.807) is 19.3 Å². The molecule has 110 valence electrons. The van der Waals surface area contributed by atoms with Crippen molar-refractivity contribution in [3.05, 3.63) is 35.6 Å². The van der Waals surface area contributed by atoms with E-state index in [-0.39, 0.29) is 18.9 Å². The van der Waals surface area contributed by atoms with E-state index in [2.05, 4.69) is 15.3 Å². The molecule has 2 N–H and O–H groups in total. The van der Waals surface area contributed by atoms with Gasteiger partial charge < -0.3 is 10.4 Å². The highest BCUT2D eigenvalue weighted by atomic mass is 32.1. The molecule has 2 rings (SSSR count). The average Bonchev–Trinajstić information content (AvgIpc) is 2.94. The second-order valence-corrected chi connectivity index (χ2v) is 5.46. The summed E-state index contributed by atoms with van der Waals surface area (Å²) in [5.74, 6) is -1.76. The third-order valence-electron chi connectivity index (χ3n) is 2.83. The molecule has 6 nitrogen and oxygen atoms in total. The molecule has 2 aromatic rings. The number of carboxylic acids is 1. The fourth-order valence-electron chi connectivity index (χ4n) is 1.59. The van der Waals surface area contributed by atoms with Crippen LogP contribution < -0.4 is 5.32 Å². The van der Waals surface area contributed by atoms with Crippen LogP contribution in [0.2, 0.25) is 0 Å². The minimum absolute atomic E-state index is 0.119. The predicted octanol–water partition coefficient (Wildman–Crippen LogP) is 1.58. The third-order valence-corrected chi connectivity index (χ3v) is 3.77. The van der Waals surface area contributed by atoms with Crippen LogP contribution >= 0.6 is 11.3 Å². The number of hydrogen-bond acceptors (Lipinski definition) is 5. The summed E-state index contributed by atoms with van der Waals surface area (Å²) >= 11 is 1.45. The Labute approximate surface area is 125 Å². The highest BCUT2D eigenvalue weighted by Gasteiger charge is 2.13. The van der Waals surface area contributed by atoms with Crippen LogP contribution in [0.1, 0.15) is 12.6 Å². The Bertz CT molecular complexity index is 627. The molecular weight excluding hydrogens is 290 g/mol. The van der Waals surface area contributed by atoms with E-state index in [1.165, 1.54) is 11.3 Å². The van der Waals surface area contributed by atoms with E-state index in [0.29, 0.717) is 5.69 Å². The highest BCUT2D eigenvalue weighted by Crippen LogP contribution is 2.22. The van der Waals surface area contributed by atoms with Crippen molar-refractivity contribution in [1.82, 2.24) is 15.3 Å². The van der Waals surface area contributed by atoms with Crippen LogP contribution in [-0.4, -0.2) is 33.5 Å². The fourth-order valence-corrected chi connectivity index (χ4v) is 2.40. The molecule has 1 atom stereocenters. The van der Waals surface area contributed by atoms with Gasteiger partial charge in [0.15, 0.2) is 0 Å². The predicted molar refractivity (Wildman–Crippen MR) is 78.9 cm³/mol. The molecule has 2 aromatic heterocycles. The van der Waals surface area contributed by atoms with E-state index >= 15 is 0 Å². The number of hydrogen-bond donors (Lipinski definition) is 2. The van der Waals surface area contributed by atoms with Crippen molar-refractivity contribution in [2.45, 2.75) is 13.3 Å². The van der Waals surface area contributed by atoms with Gasteiger partial charge in [-0.1, -0.05) is 6.92 Å². The number of thiazole rings is 1. The number of carbonyl (C=O) groups excluding carboxylic acids is 1. The van der Waals surface area contributed by atoms with E-state index in [0.717, 1.165) is 10.6 Å². The van der Waals surface area contributed by atoms with Gasteiger partial charge in [-0.2, -0.15) is 0 Å². The third kappa shape index (κ3) is 4.35. The van der Waals surface area contributed by atoms with Gasteiger partial charge in [-0.05, 0) is 12.1 Å². The van der Waals surface area contributed by atoms with Crippen molar-refractivity contribution in [3.8, 4) is 10.6 Å². The van der Waals surface area contributed by atoms with Gasteiger partial charge in [-0.15, -0.1) is 11.3 Å². The minimum atomic E-state index is -0.928. The van der Waals surface area contributed by atoms with Gasteiger partial charge in [0.2, 0.25) is 5.91 Å². The maximum absolute atomic E-state index is 11.7. The first-order chi connectivity index (χ1) is 10.1. The zero-order valence-electron chi connectivity index (χ0n) is 11.4. The van der Waals surface area contributed by atoms with Gasteiger partial charge in [0, 0.05) is 29.9 Å². The molecule has 0 bridgehead atoms. The van der Waals surface area contributed by atoms with Crippen LogP contribution in [0.25, 0.3) is 10.6 Å². The van der Waals surface area contributed by atoms with E-state index in [9.17, 15) is 9.59 Å². The number of carboxylic acid groups (broad SMARTS) is 1. The largest absolute Gasteiger partial charge is 0.481 e. The zero-order chi connectivity index (χ0) is 15.2. The summed E-state index contributed by atoms with van der Waals surface area (Å²) in [6.07, 6.45) is 3.55. The Hall–Kier alpha value is -2.28. The lowest BCUT2D eigenvalue weighted by molar-refractivity contribution is -0.141. The smallest absolute Gasteiger partial charge is 0.308 e. The number of carbonyl (C=O) groups is 2. The van der Waals surface area contributed by atoms with E-state index in [1.807, 2.05) is 17.5 Å². The molecule has 0 aliphatic heterocycles. The van der Waals surface area contributed by atoms with Gasteiger partial charge in [0.25, 0.3) is 0 Å². The van der Waals surface area contributed by atoms with Gasteiger partial charge in [-0.3, -0.25) is 14.6 Å². The second-order valence-electron chi connectivity index (χ2n) is 4.61. The molecule has 0 aliphatic rings. The average molecular weight is 305 g/mol. The van der Waals surface area contributed by atoms with Crippen LogP contribution in [-0.2, 0) is 16.0 Å². The van der Waals surface area contributed by atoms with Crippen LogP contribution in [0, 0.1) is 5.92 Å². The number of nitrogens with one attached hydrogen (secondary N) is 1. The molecule has 21 heavy (non-hydrogen) atoms. The SMILES string of the molecule is CC(CNC(=O)Cc1csc(-c2cccnc2)n1)C(=O)O. The summed E-state index contributed by atoms with van der Waals surface area (Å²) in [4.78, 5) is 30.8. The summed E-state index contributed by atoms with van der Waals surface area (Å²) in [5, 5.41) is 14.0. The number of aromatic nitrogens is 2. The molecule has 0 aliphatic carbocycles. The van der Waals surface area contributed by atoms with Crippen LogP contribution in [0.4, 0.5) is 0 Å². The van der Waals surface area contributed by atoms with Gasteiger partial charge in [-0.25, -0.2) is 4.98 Å². The first kappa shape index (κ1) is 15.1. The first-order valence-electron chi connectivity index (χ1n) is 6.40. The second kappa shape index (κ2) is 6.94. The summed E-state index contributed by atoms with van der Waals surface area (Å²) < 4.78 is 0. The molecule has 0 saturated heterocycles. The molecule has 0 aromatic carbocycles. The Balaban J connectivity index is 1.91. The Morgan fingerprint density at radius 3 is 2.95 bits per heavy atom.